The number of nitrogens with one attached hydrogen (secondary N) is 2. The Bertz CT molecular complexity index is 1210. The maximum atomic E-state index is 13.3. The Morgan fingerprint density at radius 3 is 2.77 bits per heavy atom. The van der Waals surface area contributed by atoms with E-state index in [-0.39, 0.29) is 29.1 Å². The van der Waals surface area contributed by atoms with Gasteiger partial charge in [-0.2, -0.15) is 5.10 Å². The van der Waals surface area contributed by atoms with Crippen molar-refractivity contribution < 1.29 is 9.59 Å². The third-order valence-electron chi connectivity index (χ3n) is 7.27. The summed E-state index contributed by atoms with van der Waals surface area (Å²) in [6.07, 6.45) is 2.36. The number of likely N-dealkylation sites (N-methyl/N-ethyl adjacent to an activating group) is 1. The molecule has 7 heteroatoms. The van der Waals surface area contributed by atoms with E-state index >= 15 is 0 Å². The molecule has 3 aromatic rings. The summed E-state index contributed by atoms with van der Waals surface area (Å²) in [5, 5.41) is 10.2. The number of carbonyl (C=O) groups excluding carboxylic acids is 2. The van der Waals surface area contributed by atoms with Crippen molar-refractivity contribution in [2.45, 2.75) is 24.8 Å². The van der Waals surface area contributed by atoms with Gasteiger partial charge >= 0.3 is 0 Å². The lowest BCUT2D eigenvalue weighted by atomic mass is 9.86. The van der Waals surface area contributed by atoms with Gasteiger partial charge in [-0.05, 0) is 23.3 Å². The molecule has 2 N–H and O–H groups in total. The van der Waals surface area contributed by atoms with Gasteiger partial charge < -0.3 is 5.32 Å². The van der Waals surface area contributed by atoms with Gasteiger partial charge in [0.1, 0.15) is 17.1 Å². The molecule has 2 aliphatic heterocycles. The molecular weight excluding hydrogens is 378 g/mol. The number of hydrogen-bond acceptors (Lipinski definition) is 4. The SMILES string of the molecule is CN1C(=O)[C@]2(NC(=O)c3cc(Cc4ccccc4)[nH]n3)[C@@H]3[C@H](c4cccnc41)[C@]32C. The van der Waals surface area contributed by atoms with E-state index in [9.17, 15) is 9.59 Å². The van der Waals surface area contributed by atoms with Crippen molar-refractivity contribution in [3.8, 4) is 0 Å². The lowest BCUT2D eigenvalue weighted by Gasteiger charge is -2.28. The number of pyridine rings is 1. The van der Waals surface area contributed by atoms with E-state index < -0.39 is 5.54 Å². The van der Waals surface area contributed by atoms with Crippen molar-refractivity contribution in [3.63, 3.8) is 0 Å². The molecule has 2 amide bonds. The lowest BCUT2D eigenvalue weighted by molar-refractivity contribution is -0.123. The van der Waals surface area contributed by atoms with Crippen LogP contribution < -0.4 is 10.2 Å². The number of nitrogens with zero attached hydrogens (tertiary/aromatic N) is 3. The Balaban J connectivity index is 1.25. The molecule has 4 atom stereocenters. The quantitative estimate of drug-likeness (QED) is 0.704. The van der Waals surface area contributed by atoms with Crippen LogP contribution in [0.5, 0.6) is 0 Å². The predicted molar refractivity (Wildman–Crippen MR) is 110 cm³/mol. The second-order valence-corrected chi connectivity index (χ2v) is 8.72. The average molecular weight is 399 g/mol. The number of fused-ring (bicyclic) bond motifs is 1. The Morgan fingerprint density at radius 2 is 2.00 bits per heavy atom. The fraction of sp³-hybridized carbons (Fsp3) is 0.304. The van der Waals surface area contributed by atoms with Crippen LogP contribution in [0.25, 0.3) is 0 Å². The first-order valence-electron chi connectivity index (χ1n) is 10.1. The molecule has 4 heterocycles. The van der Waals surface area contributed by atoms with Crippen LogP contribution in [-0.4, -0.2) is 39.6 Å². The topological polar surface area (TPSA) is 91.0 Å². The smallest absolute Gasteiger partial charge is 0.272 e. The van der Waals surface area contributed by atoms with Crippen LogP contribution in [0.1, 0.15) is 40.2 Å². The number of benzene rings is 1. The first kappa shape index (κ1) is 17.4. The molecule has 2 fully saturated rings. The molecule has 2 bridgehead atoms. The molecule has 4 aliphatic rings. The van der Waals surface area contributed by atoms with Crippen molar-refractivity contribution in [1.82, 2.24) is 20.5 Å². The van der Waals surface area contributed by atoms with Gasteiger partial charge in [0.15, 0.2) is 0 Å². The fourth-order valence-corrected chi connectivity index (χ4v) is 5.64. The van der Waals surface area contributed by atoms with Gasteiger partial charge in [-0.15, -0.1) is 0 Å². The van der Waals surface area contributed by atoms with Crippen LogP contribution in [-0.2, 0) is 11.2 Å². The van der Waals surface area contributed by atoms with Crippen molar-refractivity contribution in [2.75, 3.05) is 11.9 Å². The Kier molecular flexibility index (Phi) is 3.22. The van der Waals surface area contributed by atoms with E-state index in [4.69, 9.17) is 0 Å². The summed E-state index contributed by atoms with van der Waals surface area (Å²) >= 11 is 0. The van der Waals surface area contributed by atoms with E-state index in [1.807, 2.05) is 42.5 Å². The normalized spacial score (nSPS) is 30.2. The van der Waals surface area contributed by atoms with Gasteiger partial charge in [-0.1, -0.05) is 43.3 Å². The molecule has 150 valence electrons. The highest BCUT2D eigenvalue weighted by molar-refractivity contribution is 6.11. The Hall–Kier alpha value is -3.48. The van der Waals surface area contributed by atoms with Gasteiger partial charge in [-0.3, -0.25) is 19.6 Å². The average Bonchev–Trinajstić information content (AvgIpc) is 3.45. The molecule has 30 heavy (non-hydrogen) atoms. The molecule has 7 rings (SSSR count). The van der Waals surface area contributed by atoms with Crippen LogP contribution in [0.4, 0.5) is 5.82 Å². The monoisotopic (exact) mass is 399 g/mol. The summed E-state index contributed by atoms with van der Waals surface area (Å²) in [7, 11) is 1.73. The van der Waals surface area contributed by atoms with E-state index in [2.05, 4.69) is 27.4 Å². The van der Waals surface area contributed by atoms with Crippen LogP contribution in [0, 0.1) is 11.3 Å². The molecule has 0 unspecified atom stereocenters. The zero-order valence-corrected chi connectivity index (χ0v) is 16.7. The van der Waals surface area contributed by atoms with E-state index in [1.54, 1.807) is 24.2 Å². The molecule has 2 saturated carbocycles. The lowest BCUT2D eigenvalue weighted by Crippen LogP contribution is -2.56. The maximum Gasteiger partial charge on any atom is 0.272 e. The van der Waals surface area contributed by atoms with Crippen LogP contribution in [0.2, 0.25) is 0 Å². The predicted octanol–water partition coefficient (Wildman–Crippen LogP) is 2.27. The van der Waals surface area contributed by atoms with Crippen molar-refractivity contribution in [2.24, 2.45) is 11.3 Å². The zero-order chi connectivity index (χ0) is 20.7. The summed E-state index contributed by atoms with van der Waals surface area (Å²) in [5.74, 6) is 0.635. The first-order chi connectivity index (χ1) is 14.5. The van der Waals surface area contributed by atoms with E-state index in [0.717, 1.165) is 16.8 Å². The second-order valence-electron chi connectivity index (χ2n) is 8.72. The number of H-pyrrole nitrogens is 1. The molecular formula is C23H21N5O2. The number of anilines is 1. The standard InChI is InChI=1S/C23H21N5O2/c1-22-17-15-9-6-10-24-19(15)28(2)21(30)23(22,18(17)22)25-20(29)16-12-14(26-27-16)11-13-7-4-3-5-8-13/h3-10,12,17-18H,11H2,1-2H3,(H,25,29)(H,26,27)/t17-,18+,22+,23+/m0/s1. The highest BCUT2D eigenvalue weighted by Crippen LogP contribution is 2.91. The number of aromatic nitrogens is 3. The summed E-state index contributed by atoms with van der Waals surface area (Å²) < 4.78 is 0. The number of hydrogen-bond donors (Lipinski definition) is 2. The summed E-state index contributed by atoms with van der Waals surface area (Å²) in [6.45, 7) is 2.09. The molecule has 0 spiro atoms. The number of carbonyl (C=O) groups is 2. The first-order valence-corrected chi connectivity index (χ1v) is 10.1. The Morgan fingerprint density at radius 1 is 1.23 bits per heavy atom. The third kappa shape index (κ3) is 1.99. The largest absolute Gasteiger partial charge is 0.335 e. The molecule has 0 radical (unpaired) electrons. The third-order valence-corrected chi connectivity index (χ3v) is 7.27. The zero-order valence-electron chi connectivity index (χ0n) is 16.7. The van der Waals surface area contributed by atoms with Gasteiger partial charge in [-0.25, -0.2) is 4.98 Å². The van der Waals surface area contributed by atoms with Crippen LogP contribution >= 0.6 is 0 Å². The van der Waals surface area contributed by atoms with Gasteiger partial charge in [0.05, 0.1) is 0 Å². The highest BCUT2D eigenvalue weighted by Gasteiger charge is 2.98. The second kappa shape index (κ2) is 5.56. The number of amides is 2. The van der Waals surface area contributed by atoms with Crippen LogP contribution in [0.3, 0.4) is 0 Å². The van der Waals surface area contributed by atoms with Gasteiger partial charge in [0.25, 0.3) is 11.8 Å². The minimum atomic E-state index is -0.872. The fourth-order valence-electron chi connectivity index (χ4n) is 5.64. The van der Waals surface area contributed by atoms with Crippen LogP contribution in [0.15, 0.2) is 54.7 Å². The highest BCUT2D eigenvalue weighted by atomic mass is 16.2. The van der Waals surface area contributed by atoms with Gasteiger partial charge in [0, 0.05) is 42.6 Å². The number of aromatic amines is 1. The summed E-state index contributed by atoms with van der Waals surface area (Å²) in [5.41, 5.74) is 2.25. The molecule has 2 aromatic heterocycles. The molecule has 0 saturated heterocycles. The molecule has 1 aromatic carbocycles. The molecule has 2 aliphatic carbocycles. The van der Waals surface area contributed by atoms with Gasteiger partial charge in [0.2, 0.25) is 0 Å². The van der Waals surface area contributed by atoms with Crippen molar-refractivity contribution in [1.29, 1.82) is 0 Å². The van der Waals surface area contributed by atoms with Crippen molar-refractivity contribution >= 4 is 17.6 Å². The number of rotatable bonds is 4. The minimum absolute atomic E-state index is 0.0999. The minimum Gasteiger partial charge on any atom is -0.335 e. The van der Waals surface area contributed by atoms with Crippen molar-refractivity contribution in [3.05, 3.63) is 77.2 Å². The molecule has 7 nitrogen and oxygen atoms in total. The Labute approximate surface area is 173 Å². The maximum absolute atomic E-state index is 13.3. The van der Waals surface area contributed by atoms with E-state index in [0.29, 0.717) is 17.9 Å². The van der Waals surface area contributed by atoms with E-state index in [1.165, 1.54) is 0 Å². The summed E-state index contributed by atoms with van der Waals surface area (Å²) in [6, 6.07) is 15.7. The summed E-state index contributed by atoms with van der Waals surface area (Å²) in [4.78, 5) is 32.4.